The number of hydrogen-bond donors (Lipinski definition) is 3. The molecule has 5 aromatic rings. The lowest BCUT2D eigenvalue weighted by atomic mass is 9.99. The summed E-state index contributed by atoms with van der Waals surface area (Å²) in [6.07, 6.45) is 0.231. The van der Waals surface area contributed by atoms with Crippen LogP contribution < -0.4 is 20.9 Å². The second-order valence-corrected chi connectivity index (χ2v) is 12.8. The Balaban J connectivity index is 1.24. The molecule has 10 nitrogen and oxygen atoms in total. The molecule has 1 aliphatic heterocycles. The highest BCUT2D eigenvalue weighted by Crippen LogP contribution is 2.44. The van der Waals surface area contributed by atoms with E-state index in [0.717, 1.165) is 34.7 Å². The number of aryl methyl sites for hydroxylation is 2. The lowest BCUT2D eigenvalue weighted by Gasteiger charge is -2.31. The molecule has 3 N–H and O–H groups in total. The number of hydrogen-bond acceptors (Lipinski definition) is 9. The van der Waals surface area contributed by atoms with Crippen LogP contribution in [0.1, 0.15) is 42.1 Å². The number of halogens is 4. The van der Waals surface area contributed by atoms with Crippen LogP contribution in [0.25, 0.3) is 33.2 Å². The van der Waals surface area contributed by atoms with Crippen molar-refractivity contribution in [3.05, 3.63) is 91.9 Å². The summed E-state index contributed by atoms with van der Waals surface area (Å²) >= 11 is 14.1. The van der Waals surface area contributed by atoms with E-state index in [4.69, 9.17) is 37.7 Å². The topological polar surface area (TPSA) is 123 Å². The van der Waals surface area contributed by atoms with Crippen LogP contribution >= 0.6 is 23.2 Å². The van der Waals surface area contributed by atoms with Crippen molar-refractivity contribution < 1.29 is 23.4 Å². The minimum absolute atomic E-state index is 0.0236. The monoisotopic (exact) mass is 708 g/mol. The molecular weight excluding hydrogens is 677 g/mol. The fourth-order valence-corrected chi connectivity index (χ4v) is 7.22. The fraction of sp³-hybridized carbons (Fsp3) is 0.314. The van der Waals surface area contributed by atoms with Crippen molar-refractivity contribution >= 4 is 45.5 Å². The minimum Gasteiger partial charge on any atom is -0.481 e. The average molecular weight is 710 g/mol. The van der Waals surface area contributed by atoms with Crippen LogP contribution in [0, 0.1) is 0 Å². The van der Waals surface area contributed by atoms with Gasteiger partial charge in [0.2, 0.25) is 5.88 Å². The van der Waals surface area contributed by atoms with Gasteiger partial charge in [0.25, 0.3) is 12.0 Å². The van der Waals surface area contributed by atoms with Crippen LogP contribution in [-0.2, 0) is 18.2 Å². The van der Waals surface area contributed by atoms with Gasteiger partial charge in [0.05, 0.1) is 52.8 Å². The summed E-state index contributed by atoms with van der Waals surface area (Å²) in [5.74, 6) is 0.421. The lowest BCUT2D eigenvalue weighted by molar-refractivity contribution is -0.0304. The summed E-state index contributed by atoms with van der Waals surface area (Å²) < 4.78 is 39.8. The number of aromatic nitrogens is 4. The van der Waals surface area contributed by atoms with Gasteiger partial charge in [0, 0.05) is 53.4 Å². The highest BCUT2D eigenvalue weighted by molar-refractivity contribution is 6.39. The number of ether oxygens (including phenoxy) is 2. The first-order valence-corrected chi connectivity index (χ1v) is 16.5. The summed E-state index contributed by atoms with van der Waals surface area (Å²) in [7, 11) is 3.05. The normalized spacial score (nSPS) is 19.0. The Labute approximate surface area is 290 Å². The van der Waals surface area contributed by atoms with Gasteiger partial charge < -0.3 is 25.2 Å². The third-order valence-corrected chi connectivity index (χ3v) is 9.90. The number of aliphatic hydroxyl groups is 1. The zero-order valence-corrected chi connectivity index (χ0v) is 28.0. The van der Waals surface area contributed by atoms with Crippen molar-refractivity contribution in [3.8, 4) is 28.3 Å². The molecule has 3 atom stereocenters. The molecule has 1 fully saturated rings. The SMILES string of the molecule is COc1nc(-c2cccc(-c3cccc(Nc4nc(C(F)F)cc5cnn(C)c(=O)c45)c3Cl)c2Cl)cc2c1C(NC1CCOCC1O)CC2. The number of rotatable bonds is 8. The molecule has 0 amide bonds. The Hall–Kier alpha value is -4.20. The molecule has 4 heterocycles. The minimum atomic E-state index is -2.87. The summed E-state index contributed by atoms with van der Waals surface area (Å²) in [4.78, 5) is 21.9. The van der Waals surface area contributed by atoms with Crippen molar-refractivity contribution in [1.82, 2.24) is 25.1 Å². The van der Waals surface area contributed by atoms with E-state index in [1.165, 1.54) is 13.2 Å². The molecule has 1 aliphatic carbocycles. The number of nitrogens with zero attached hydrogens (tertiary/aromatic N) is 4. The molecular formula is C35H32Cl2F2N6O4. The molecule has 1 saturated heterocycles. The van der Waals surface area contributed by atoms with Gasteiger partial charge in [-0.1, -0.05) is 53.5 Å². The molecule has 254 valence electrons. The van der Waals surface area contributed by atoms with Crippen molar-refractivity contribution in [2.45, 2.75) is 43.9 Å². The Morgan fingerprint density at radius 1 is 1.06 bits per heavy atom. The molecule has 2 aliphatic rings. The molecule has 0 spiro atoms. The Bertz CT molecular complexity index is 2130. The van der Waals surface area contributed by atoms with Gasteiger partial charge in [-0.2, -0.15) is 5.10 Å². The first-order chi connectivity index (χ1) is 23.6. The average Bonchev–Trinajstić information content (AvgIpc) is 3.50. The highest BCUT2D eigenvalue weighted by atomic mass is 35.5. The second kappa shape index (κ2) is 13.6. The molecule has 49 heavy (non-hydrogen) atoms. The number of pyridine rings is 2. The molecule has 7 rings (SSSR count). The predicted octanol–water partition coefficient (Wildman–Crippen LogP) is 6.78. The number of nitrogens with one attached hydrogen (secondary N) is 2. The maximum absolute atomic E-state index is 13.8. The standard InChI is InChI=1S/C35H32Cl2F2N6O4/c1-45-35(47)29-18(15-40-45)14-26(32(38)39)43-33(29)42-24-8-4-6-20(31(24)37)19-5-3-7-21(30(19)36)25-13-17-9-10-23(28(17)34(44-25)48-2)41-22-11-12-49-16-27(22)46/h3-8,13-15,22-23,27,32,41,46H,9-12,16H2,1-2H3,(H,42,43). The molecule has 3 unspecified atom stereocenters. The zero-order valence-electron chi connectivity index (χ0n) is 26.5. The largest absolute Gasteiger partial charge is 0.481 e. The third kappa shape index (κ3) is 6.23. The maximum atomic E-state index is 13.8. The van der Waals surface area contributed by atoms with Crippen molar-refractivity contribution in [2.75, 3.05) is 25.6 Å². The number of alkyl halides is 2. The predicted molar refractivity (Wildman–Crippen MR) is 184 cm³/mol. The quantitative estimate of drug-likeness (QED) is 0.160. The van der Waals surface area contributed by atoms with E-state index in [-0.39, 0.29) is 33.7 Å². The maximum Gasteiger partial charge on any atom is 0.280 e. The summed E-state index contributed by atoms with van der Waals surface area (Å²) in [6.45, 7) is 0.901. The van der Waals surface area contributed by atoms with Gasteiger partial charge in [-0.05, 0) is 43.0 Å². The fourth-order valence-electron chi connectivity index (χ4n) is 6.62. The van der Waals surface area contributed by atoms with E-state index in [2.05, 4.69) is 20.7 Å². The van der Waals surface area contributed by atoms with E-state index < -0.39 is 23.8 Å². The number of methoxy groups -OCH3 is 1. The Morgan fingerprint density at radius 2 is 1.82 bits per heavy atom. The molecule has 14 heteroatoms. The third-order valence-electron chi connectivity index (χ3n) is 9.08. The smallest absolute Gasteiger partial charge is 0.280 e. The first-order valence-electron chi connectivity index (χ1n) is 15.7. The van der Waals surface area contributed by atoms with Crippen molar-refractivity contribution in [1.29, 1.82) is 0 Å². The van der Waals surface area contributed by atoms with Crippen LogP contribution in [0.5, 0.6) is 5.88 Å². The van der Waals surface area contributed by atoms with Crippen molar-refractivity contribution in [2.24, 2.45) is 7.05 Å². The Morgan fingerprint density at radius 3 is 2.57 bits per heavy atom. The molecule has 0 saturated carbocycles. The van der Waals surface area contributed by atoms with Crippen LogP contribution in [-0.4, -0.2) is 57.3 Å². The van der Waals surface area contributed by atoms with Crippen LogP contribution in [0.2, 0.25) is 10.0 Å². The molecule has 3 aromatic heterocycles. The summed E-state index contributed by atoms with van der Waals surface area (Å²) in [5.41, 5.74) is 3.86. The zero-order chi connectivity index (χ0) is 34.4. The van der Waals surface area contributed by atoms with Gasteiger partial charge in [-0.3, -0.25) is 4.79 Å². The molecule has 0 radical (unpaired) electrons. The molecule has 0 bridgehead atoms. The summed E-state index contributed by atoms with van der Waals surface area (Å²) in [6, 6.07) is 13.8. The number of anilines is 2. The van der Waals surface area contributed by atoms with Crippen LogP contribution in [0.15, 0.2) is 59.5 Å². The summed E-state index contributed by atoms with van der Waals surface area (Å²) in [5, 5.41) is 22.0. The van der Waals surface area contributed by atoms with Gasteiger partial charge in [-0.15, -0.1) is 0 Å². The van der Waals surface area contributed by atoms with Crippen LogP contribution in [0.3, 0.4) is 0 Å². The lowest BCUT2D eigenvalue weighted by Crippen LogP contribution is -2.47. The van der Waals surface area contributed by atoms with Crippen LogP contribution in [0.4, 0.5) is 20.3 Å². The van der Waals surface area contributed by atoms with Gasteiger partial charge in [0.1, 0.15) is 11.5 Å². The number of fused-ring (bicyclic) bond motifs is 2. The number of benzene rings is 2. The van der Waals surface area contributed by atoms with E-state index in [9.17, 15) is 18.7 Å². The molecule has 2 aromatic carbocycles. The van der Waals surface area contributed by atoms with Gasteiger partial charge in [0.15, 0.2) is 0 Å². The highest BCUT2D eigenvalue weighted by Gasteiger charge is 2.33. The van der Waals surface area contributed by atoms with E-state index in [1.54, 1.807) is 25.3 Å². The number of aliphatic hydroxyl groups excluding tert-OH is 1. The van der Waals surface area contributed by atoms with Crippen molar-refractivity contribution in [3.63, 3.8) is 0 Å². The van der Waals surface area contributed by atoms with Gasteiger partial charge >= 0.3 is 0 Å². The van der Waals surface area contributed by atoms with E-state index >= 15 is 0 Å². The second-order valence-electron chi connectivity index (χ2n) is 12.1. The van der Waals surface area contributed by atoms with Gasteiger partial charge in [-0.25, -0.2) is 23.4 Å². The van der Waals surface area contributed by atoms with E-state index in [0.29, 0.717) is 58.6 Å². The Kier molecular flexibility index (Phi) is 9.25. The van der Waals surface area contributed by atoms with E-state index in [1.807, 2.05) is 24.3 Å². The first kappa shape index (κ1) is 33.3.